The molecule has 0 heterocycles. The number of hydrogen-bond donors (Lipinski definition) is 0. The molecule has 0 saturated heterocycles. The van der Waals surface area contributed by atoms with E-state index in [0.717, 1.165) is 12.8 Å². The van der Waals surface area contributed by atoms with E-state index in [1.54, 1.807) is 0 Å². The van der Waals surface area contributed by atoms with Crippen molar-refractivity contribution in [2.45, 2.75) is 109 Å². The lowest BCUT2D eigenvalue weighted by Gasteiger charge is -2.64. The minimum absolute atomic E-state index is 0.0853. The monoisotopic (exact) mass is 717 g/mol. The summed E-state index contributed by atoms with van der Waals surface area (Å²) in [6, 6.07) is 45.9. The lowest BCUT2D eigenvalue weighted by molar-refractivity contribution is 0.458. The van der Waals surface area contributed by atoms with E-state index in [1.807, 2.05) is 0 Å². The van der Waals surface area contributed by atoms with Gasteiger partial charge in [0, 0.05) is 5.67 Å². The first-order valence-corrected chi connectivity index (χ1v) is 25.8. The highest BCUT2D eigenvalue weighted by Crippen LogP contribution is 2.49. The van der Waals surface area contributed by atoms with Crippen molar-refractivity contribution in [1.29, 1.82) is 0 Å². The van der Waals surface area contributed by atoms with Crippen molar-refractivity contribution in [3.05, 3.63) is 121 Å². The van der Waals surface area contributed by atoms with Crippen LogP contribution >= 0.6 is 22.2 Å². The fourth-order valence-electron chi connectivity index (χ4n) is 8.31. The van der Waals surface area contributed by atoms with E-state index in [9.17, 15) is 0 Å². The van der Waals surface area contributed by atoms with Crippen LogP contribution in [0.15, 0.2) is 121 Å². The van der Waals surface area contributed by atoms with Gasteiger partial charge in [-0.2, -0.15) is 0 Å². The third-order valence-electron chi connectivity index (χ3n) is 10.1. The predicted octanol–water partition coefficient (Wildman–Crippen LogP) is 9.76. The van der Waals surface area contributed by atoms with Gasteiger partial charge in [0.2, 0.25) is 0 Å². The molecule has 1 nitrogen and oxygen atoms in total. The molecule has 6 heteroatoms. The molecule has 0 amide bonds. The molecule has 4 rings (SSSR count). The molecule has 4 aromatic rings. The molecule has 252 valence electrons. The van der Waals surface area contributed by atoms with E-state index in [1.165, 1.54) is 52.9 Å². The van der Waals surface area contributed by atoms with Crippen LogP contribution in [0.1, 0.15) is 93.4 Å². The molecule has 0 spiro atoms. The molecule has 0 N–H and O–H groups in total. The maximum atomic E-state index is 7.57. The van der Waals surface area contributed by atoms with Gasteiger partial charge in [-0.25, -0.2) is 0 Å². The van der Waals surface area contributed by atoms with Gasteiger partial charge < -0.3 is 4.23 Å². The largest absolute Gasteiger partial charge is 0.328 e. The second kappa shape index (κ2) is 16.7. The highest BCUT2D eigenvalue weighted by molar-refractivity contribution is 7.35. The summed E-state index contributed by atoms with van der Waals surface area (Å²) >= 11 is 15.1. The van der Waals surface area contributed by atoms with E-state index < -0.39 is 23.9 Å². The number of halogens is 2. The Kier molecular flexibility index (Phi) is 13.4. The lowest BCUT2D eigenvalue weighted by atomic mass is 10.1. The molecule has 0 saturated carbocycles. The van der Waals surface area contributed by atoms with Gasteiger partial charge >= 0.3 is 0 Å². The van der Waals surface area contributed by atoms with Crippen molar-refractivity contribution in [1.82, 2.24) is 4.23 Å². The number of rotatable bonds is 15. The van der Waals surface area contributed by atoms with E-state index in [2.05, 4.69) is 174 Å². The van der Waals surface area contributed by atoms with Crippen LogP contribution in [0, 0.1) is 0 Å². The summed E-state index contributed by atoms with van der Waals surface area (Å²) in [6.45, 7) is 17.2. The van der Waals surface area contributed by atoms with E-state index in [4.69, 9.17) is 22.2 Å². The van der Waals surface area contributed by atoms with Gasteiger partial charge in [0.1, 0.15) is 0 Å². The van der Waals surface area contributed by atoms with Crippen molar-refractivity contribution in [3.8, 4) is 0 Å². The minimum atomic E-state index is -2.94. The van der Waals surface area contributed by atoms with E-state index in [0.29, 0.717) is 0 Å². The number of hydrogen-bond acceptors (Lipinski definition) is 1. The van der Waals surface area contributed by atoms with E-state index >= 15 is 0 Å². The van der Waals surface area contributed by atoms with Gasteiger partial charge in [-0.05, 0) is 37.2 Å². The molecule has 0 aliphatic rings. The summed E-state index contributed by atoms with van der Waals surface area (Å²) in [4.78, 5) is 0. The number of nitrogens with zero attached hydrogens (tertiary/aromatic N) is 1. The lowest BCUT2D eigenvalue weighted by Crippen LogP contribution is -2.90. The van der Waals surface area contributed by atoms with Crippen molar-refractivity contribution >= 4 is 66.8 Å². The Morgan fingerprint density at radius 2 is 0.809 bits per heavy atom. The fourth-order valence-corrected chi connectivity index (χ4v) is 30.0. The van der Waals surface area contributed by atoms with Crippen LogP contribution in [-0.4, -0.2) is 33.8 Å². The summed E-state index contributed by atoms with van der Waals surface area (Å²) in [5, 5.41) is 5.51. The first kappa shape index (κ1) is 37.9. The zero-order valence-corrected chi connectivity index (χ0v) is 34.5. The highest BCUT2D eigenvalue weighted by Gasteiger charge is 2.66. The van der Waals surface area contributed by atoms with Gasteiger partial charge in [0.05, 0.1) is 0 Å². The predicted molar refractivity (Wildman–Crippen MR) is 218 cm³/mol. The molecule has 4 aromatic carbocycles. The Labute approximate surface area is 299 Å². The Bertz CT molecular complexity index is 1290. The molecule has 1 unspecified atom stereocenters. The van der Waals surface area contributed by atoms with Crippen LogP contribution in [0.3, 0.4) is 0 Å². The number of benzene rings is 4. The SMILES string of the molecule is CCCCCCCCC(N([Si](c1ccccc1)(c1ccccc1)C(C)(C)C)[Si](c1ccccc1)(c1ccccc1)C(C)(C)C)[SiH](Cl)Cl. The summed E-state index contributed by atoms with van der Waals surface area (Å²) in [5.41, 5.74) is 0.0853. The summed E-state index contributed by atoms with van der Waals surface area (Å²) in [5.74, 6) is 0. The first-order chi connectivity index (χ1) is 22.4. The molecule has 0 bridgehead atoms. The third kappa shape index (κ3) is 7.79. The van der Waals surface area contributed by atoms with Crippen molar-refractivity contribution in [3.63, 3.8) is 0 Å². The van der Waals surface area contributed by atoms with Crippen LogP contribution in [0.2, 0.25) is 10.1 Å². The molecule has 1 atom stereocenters. The minimum Gasteiger partial charge on any atom is -0.328 e. The van der Waals surface area contributed by atoms with Crippen LogP contribution in [0.5, 0.6) is 0 Å². The zero-order valence-electron chi connectivity index (χ0n) is 29.9. The van der Waals surface area contributed by atoms with Crippen LogP contribution in [-0.2, 0) is 0 Å². The molecular formula is C41H57Cl2NSi3. The van der Waals surface area contributed by atoms with Gasteiger partial charge in [0.25, 0.3) is 7.42 Å². The van der Waals surface area contributed by atoms with Crippen LogP contribution in [0.4, 0.5) is 0 Å². The summed E-state index contributed by atoms with van der Waals surface area (Å²) in [7, 11) is -8.18. The normalized spacial score (nSPS) is 13.7. The average Bonchev–Trinajstić information content (AvgIpc) is 3.05. The zero-order chi connectivity index (χ0) is 34.1. The molecule has 0 fully saturated rings. The Morgan fingerprint density at radius 3 is 1.09 bits per heavy atom. The first-order valence-electron chi connectivity index (χ1n) is 17.7. The molecule has 0 aliphatic carbocycles. The smallest absolute Gasteiger partial charge is 0.252 e. The second-order valence-electron chi connectivity index (χ2n) is 15.2. The Morgan fingerprint density at radius 1 is 0.511 bits per heavy atom. The van der Waals surface area contributed by atoms with Crippen molar-refractivity contribution in [2.75, 3.05) is 0 Å². The molecule has 0 radical (unpaired) electrons. The third-order valence-corrected chi connectivity index (χ3v) is 26.8. The Hall–Kier alpha value is -1.93. The number of unbranched alkanes of at least 4 members (excludes halogenated alkanes) is 5. The van der Waals surface area contributed by atoms with Crippen LogP contribution in [0.25, 0.3) is 0 Å². The highest BCUT2D eigenvalue weighted by atomic mass is 35.7. The summed E-state index contributed by atoms with van der Waals surface area (Å²) < 4.78 is 3.15. The maximum absolute atomic E-state index is 7.57. The molecular weight excluding hydrogens is 662 g/mol. The van der Waals surface area contributed by atoms with Crippen molar-refractivity contribution < 1.29 is 0 Å². The Balaban J connectivity index is 2.23. The standard InChI is InChI=1S/C41H57Cl2NSi3/c1-8-9-10-11-12-25-34-39(45(42)43)44(46(40(2,3)4,35-26-17-13-18-27-35)36-28-19-14-20-29-36)47(41(5,6)7,37-30-21-15-22-31-37)38-32-23-16-24-33-38/h13-24,26-33,39,45H,8-12,25,34H2,1-7H3. The molecule has 0 aromatic heterocycles. The topological polar surface area (TPSA) is 3.24 Å². The van der Waals surface area contributed by atoms with Gasteiger partial charge in [-0.1, -0.05) is 208 Å². The second-order valence-corrected chi connectivity index (χ2v) is 29.7. The fraction of sp³-hybridized carbons (Fsp3) is 0.415. The van der Waals surface area contributed by atoms with E-state index in [-0.39, 0.29) is 15.7 Å². The average molecular weight is 719 g/mol. The van der Waals surface area contributed by atoms with Gasteiger partial charge in [0.15, 0.2) is 16.5 Å². The van der Waals surface area contributed by atoms with Crippen molar-refractivity contribution in [2.24, 2.45) is 0 Å². The quantitative estimate of drug-likeness (QED) is 0.0673. The maximum Gasteiger partial charge on any atom is 0.252 e. The molecule has 47 heavy (non-hydrogen) atoms. The van der Waals surface area contributed by atoms with Gasteiger partial charge in [-0.3, -0.25) is 0 Å². The molecule has 0 aliphatic heterocycles. The summed E-state index contributed by atoms with van der Waals surface area (Å²) in [6.07, 6.45) is 8.53. The van der Waals surface area contributed by atoms with Gasteiger partial charge in [-0.15, -0.1) is 22.2 Å². The van der Waals surface area contributed by atoms with Crippen LogP contribution < -0.4 is 20.7 Å².